The minimum Gasteiger partial charge on any atom is -0.458 e. The molecule has 6 atom stereocenters. The number of hydrogen-bond donors (Lipinski definition) is 1. The van der Waals surface area contributed by atoms with E-state index in [4.69, 9.17) is 18.9 Å². The summed E-state index contributed by atoms with van der Waals surface area (Å²) >= 11 is 0. The molecular weight excluding hydrogens is 496 g/mol. The van der Waals surface area contributed by atoms with Gasteiger partial charge in [-0.2, -0.15) is 0 Å². The van der Waals surface area contributed by atoms with E-state index in [0.29, 0.717) is 17.5 Å². The van der Waals surface area contributed by atoms with Crippen LogP contribution >= 0.6 is 0 Å². The van der Waals surface area contributed by atoms with Crippen molar-refractivity contribution in [3.63, 3.8) is 0 Å². The third-order valence-electron chi connectivity index (χ3n) is 6.82. The topological polar surface area (TPSA) is 91.3 Å². The van der Waals surface area contributed by atoms with Gasteiger partial charge >= 0.3 is 11.9 Å². The summed E-state index contributed by atoms with van der Waals surface area (Å²) in [6.45, 7) is 5.69. The van der Waals surface area contributed by atoms with Gasteiger partial charge < -0.3 is 24.1 Å². The predicted octanol–water partition coefficient (Wildman–Crippen LogP) is 4.99. The molecule has 204 valence electrons. The van der Waals surface area contributed by atoms with E-state index in [1.807, 2.05) is 37.3 Å². The summed E-state index contributed by atoms with van der Waals surface area (Å²) in [4.78, 5) is 25.7. The molecule has 0 radical (unpaired) electrons. The van der Waals surface area contributed by atoms with Crippen LogP contribution in [0.4, 0.5) is 0 Å². The molecule has 3 aromatic carbocycles. The molecule has 1 saturated heterocycles. The normalized spacial score (nSPS) is 22.0. The Morgan fingerprint density at radius 1 is 0.923 bits per heavy atom. The number of rotatable bonds is 12. The van der Waals surface area contributed by atoms with Crippen molar-refractivity contribution in [1.82, 2.24) is 0 Å². The van der Waals surface area contributed by atoms with Crippen molar-refractivity contribution in [3.8, 4) is 0 Å². The average Bonchev–Trinajstić information content (AvgIpc) is 3.29. The summed E-state index contributed by atoms with van der Waals surface area (Å²) in [6.07, 6.45) is -1.56. The Labute approximate surface area is 229 Å². The molecule has 1 heterocycles. The van der Waals surface area contributed by atoms with Crippen molar-refractivity contribution >= 4 is 11.9 Å². The molecule has 0 amide bonds. The number of aliphatic hydroxyl groups excluding tert-OH is 1. The Hall–Kier alpha value is -3.78. The van der Waals surface area contributed by atoms with E-state index in [9.17, 15) is 14.7 Å². The van der Waals surface area contributed by atoms with Gasteiger partial charge in [-0.3, -0.25) is 0 Å². The van der Waals surface area contributed by atoms with Crippen molar-refractivity contribution in [2.24, 2.45) is 5.92 Å². The van der Waals surface area contributed by atoms with Crippen LogP contribution in [0.25, 0.3) is 0 Å². The van der Waals surface area contributed by atoms with Crippen molar-refractivity contribution in [2.45, 2.75) is 50.5 Å². The van der Waals surface area contributed by atoms with Gasteiger partial charge in [-0.1, -0.05) is 79.7 Å². The minimum atomic E-state index is -0.920. The van der Waals surface area contributed by atoms with Gasteiger partial charge in [-0.25, -0.2) is 9.59 Å². The first-order chi connectivity index (χ1) is 19.0. The second-order valence-corrected chi connectivity index (χ2v) is 9.55. The first-order valence-electron chi connectivity index (χ1n) is 13.1. The molecule has 0 spiro atoms. The van der Waals surface area contributed by atoms with Crippen LogP contribution in [0.2, 0.25) is 0 Å². The van der Waals surface area contributed by atoms with Gasteiger partial charge in [0.25, 0.3) is 0 Å². The second-order valence-electron chi connectivity index (χ2n) is 9.55. The third kappa shape index (κ3) is 7.41. The van der Waals surface area contributed by atoms with Gasteiger partial charge in [0.2, 0.25) is 0 Å². The van der Waals surface area contributed by atoms with E-state index in [0.717, 1.165) is 5.56 Å². The zero-order valence-corrected chi connectivity index (χ0v) is 21.9. The smallest absolute Gasteiger partial charge is 0.338 e. The zero-order chi connectivity index (χ0) is 27.6. The zero-order valence-electron chi connectivity index (χ0n) is 21.9. The summed E-state index contributed by atoms with van der Waals surface area (Å²) in [5.74, 6) is -1.57. The fourth-order valence-electron chi connectivity index (χ4n) is 4.61. The van der Waals surface area contributed by atoms with Crippen molar-refractivity contribution < 1.29 is 33.6 Å². The maximum Gasteiger partial charge on any atom is 0.338 e. The van der Waals surface area contributed by atoms with Crippen LogP contribution in [0.3, 0.4) is 0 Å². The Morgan fingerprint density at radius 3 is 2.08 bits per heavy atom. The van der Waals surface area contributed by atoms with E-state index in [2.05, 4.69) is 6.58 Å². The lowest BCUT2D eigenvalue weighted by atomic mass is 9.92. The Morgan fingerprint density at radius 2 is 1.49 bits per heavy atom. The summed E-state index contributed by atoms with van der Waals surface area (Å²) in [6, 6.07) is 26.8. The van der Waals surface area contributed by atoms with E-state index < -0.39 is 48.4 Å². The lowest BCUT2D eigenvalue weighted by Crippen LogP contribution is -2.44. The molecule has 1 unspecified atom stereocenters. The Bertz CT molecular complexity index is 1200. The van der Waals surface area contributed by atoms with Crippen molar-refractivity contribution in [3.05, 3.63) is 120 Å². The standard InChI is InChI=1S/C32H34O7/c1-3-13-26-28(33)30(36-20-23-14-7-4-8-15-23)29(38-26)22(2)27(39-32(35)25-18-11-6-12-19-25)21-37-31(34)24-16-9-5-10-17-24/h3-12,14-19,22,26-30,33H,1,13,20-21H2,2H3/t22-,26-,27?,28+,29-,30-/m1/s1. The molecule has 39 heavy (non-hydrogen) atoms. The SMILES string of the molecule is C=CC[C@H]1O[C@H]([C@H](C)C(COC(=O)c2ccccc2)OC(=O)c2ccccc2)[C@H](OCc2ccccc2)[C@H]1O. The maximum absolute atomic E-state index is 13.0. The van der Waals surface area contributed by atoms with Gasteiger partial charge in [-0.05, 0) is 36.2 Å². The molecule has 1 fully saturated rings. The van der Waals surface area contributed by atoms with E-state index in [1.54, 1.807) is 66.7 Å². The highest BCUT2D eigenvalue weighted by Crippen LogP contribution is 2.34. The fraction of sp³-hybridized carbons (Fsp3) is 0.312. The Balaban J connectivity index is 1.54. The van der Waals surface area contributed by atoms with Crippen LogP contribution in [0.5, 0.6) is 0 Å². The first-order valence-corrected chi connectivity index (χ1v) is 13.1. The highest BCUT2D eigenvalue weighted by atomic mass is 16.6. The molecular formula is C32H34O7. The lowest BCUT2D eigenvalue weighted by Gasteiger charge is -2.31. The molecule has 0 aliphatic carbocycles. The van der Waals surface area contributed by atoms with E-state index in [1.165, 1.54) is 0 Å². The van der Waals surface area contributed by atoms with Gasteiger partial charge in [0.05, 0.1) is 29.9 Å². The van der Waals surface area contributed by atoms with E-state index in [-0.39, 0.29) is 13.2 Å². The first kappa shape index (κ1) is 28.2. The molecule has 7 nitrogen and oxygen atoms in total. The summed E-state index contributed by atoms with van der Waals surface area (Å²) < 4.78 is 23.9. The van der Waals surface area contributed by atoms with Crippen LogP contribution in [-0.4, -0.2) is 54.2 Å². The highest BCUT2D eigenvalue weighted by Gasteiger charge is 2.48. The number of ether oxygens (including phenoxy) is 4. The van der Waals surface area contributed by atoms with Crippen LogP contribution in [-0.2, 0) is 25.6 Å². The molecule has 0 bridgehead atoms. The van der Waals surface area contributed by atoms with Crippen LogP contribution in [0.15, 0.2) is 104 Å². The van der Waals surface area contributed by atoms with Gasteiger partial charge in [0.15, 0.2) is 0 Å². The van der Waals surface area contributed by atoms with Crippen LogP contribution < -0.4 is 0 Å². The van der Waals surface area contributed by atoms with Crippen LogP contribution in [0.1, 0.15) is 39.6 Å². The molecule has 4 rings (SSSR count). The summed E-state index contributed by atoms with van der Waals surface area (Å²) in [5.41, 5.74) is 1.71. The minimum absolute atomic E-state index is 0.193. The second kappa shape index (κ2) is 13.8. The average molecular weight is 531 g/mol. The van der Waals surface area contributed by atoms with E-state index >= 15 is 0 Å². The fourth-order valence-corrected chi connectivity index (χ4v) is 4.61. The van der Waals surface area contributed by atoms with Gasteiger partial charge in [0, 0.05) is 5.92 Å². The monoisotopic (exact) mass is 530 g/mol. The number of carbonyl (C=O) groups is 2. The number of esters is 2. The molecule has 0 aromatic heterocycles. The highest BCUT2D eigenvalue weighted by molar-refractivity contribution is 5.90. The largest absolute Gasteiger partial charge is 0.458 e. The number of benzene rings is 3. The molecule has 1 aliphatic rings. The van der Waals surface area contributed by atoms with Crippen molar-refractivity contribution in [1.29, 1.82) is 0 Å². The lowest BCUT2D eigenvalue weighted by molar-refractivity contribution is -0.0970. The Kier molecular flexibility index (Phi) is 10.0. The summed E-state index contributed by atoms with van der Waals surface area (Å²) in [5, 5.41) is 11.1. The van der Waals surface area contributed by atoms with Crippen molar-refractivity contribution in [2.75, 3.05) is 6.61 Å². The molecule has 3 aromatic rings. The molecule has 1 N–H and O–H groups in total. The predicted molar refractivity (Wildman–Crippen MR) is 146 cm³/mol. The number of aliphatic hydroxyl groups is 1. The third-order valence-corrected chi connectivity index (χ3v) is 6.82. The molecule has 7 heteroatoms. The number of carbonyl (C=O) groups excluding carboxylic acids is 2. The van der Waals surface area contributed by atoms with Gasteiger partial charge in [-0.15, -0.1) is 6.58 Å². The molecule has 1 aliphatic heterocycles. The molecule has 0 saturated carbocycles. The maximum atomic E-state index is 13.0. The number of hydrogen-bond acceptors (Lipinski definition) is 7. The van der Waals surface area contributed by atoms with Crippen LogP contribution in [0, 0.1) is 5.92 Å². The quantitative estimate of drug-likeness (QED) is 0.260. The van der Waals surface area contributed by atoms with Gasteiger partial charge in [0.1, 0.15) is 24.9 Å². The summed E-state index contributed by atoms with van der Waals surface area (Å²) in [7, 11) is 0.